The molecule has 0 aliphatic carbocycles. The number of para-hydroxylation sites is 1. The molecule has 0 fully saturated rings. The van der Waals surface area contributed by atoms with Crippen LogP contribution in [0, 0.1) is 0 Å². The molecule has 2 aromatic rings. The fraction of sp³-hybridized carbons (Fsp3) is 0. The summed E-state index contributed by atoms with van der Waals surface area (Å²) in [5, 5.41) is 16.7. The summed E-state index contributed by atoms with van der Waals surface area (Å²) in [6.45, 7) is 0. The highest BCUT2D eigenvalue weighted by Gasteiger charge is 1.89. The number of rotatable bonds is 2. The molecular formula is C13H11NO5. The first kappa shape index (κ1) is 14.2. The number of pyridine rings is 1. The Morgan fingerprint density at radius 2 is 1.53 bits per heavy atom. The number of aromatic amines is 1. The van der Waals surface area contributed by atoms with E-state index >= 15 is 0 Å². The molecule has 0 amide bonds. The quantitative estimate of drug-likeness (QED) is 0.705. The molecule has 0 radical (unpaired) electrons. The summed E-state index contributed by atoms with van der Waals surface area (Å²) in [5.41, 5.74) is 0.837. The molecule has 0 saturated heterocycles. The molecule has 1 aromatic carbocycles. The molecule has 0 aliphatic rings. The minimum atomic E-state index is -1.26. The number of benzene rings is 1. The van der Waals surface area contributed by atoms with Crippen molar-refractivity contribution in [2.45, 2.75) is 0 Å². The van der Waals surface area contributed by atoms with Crippen LogP contribution in [0.1, 0.15) is 0 Å². The fourth-order valence-electron chi connectivity index (χ4n) is 1.24. The lowest BCUT2D eigenvalue weighted by molar-refractivity contribution is -0.134. The number of hydrogen-bond acceptors (Lipinski definition) is 3. The van der Waals surface area contributed by atoms with E-state index < -0.39 is 11.9 Å². The molecule has 0 bridgehead atoms. The van der Waals surface area contributed by atoms with Crippen molar-refractivity contribution in [2.75, 3.05) is 0 Å². The van der Waals surface area contributed by atoms with Gasteiger partial charge in [-0.3, -0.25) is 4.79 Å². The molecule has 98 valence electrons. The van der Waals surface area contributed by atoms with Crippen LogP contribution in [0.25, 0.3) is 10.9 Å². The van der Waals surface area contributed by atoms with E-state index in [2.05, 4.69) is 4.98 Å². The van der Waals surface area contributed by atoms with Crippen LogP contribution in [0.4, 0.5) is 0 Å². The predicted molar refractivity (Wildman–Crippen MR) is 69.0 cm³/mol. The van der Waals surface area contributed by atoms with Crippen molar-refractivity contribution in [3.63, 3.8) is 0 Å². The van der Waals surface area contributed by atoms with Crippen molar-refractivity contribution < 1.29 is 19.8 Å². The van der Waals surface area contributed by atoms with Crippen LogP contribution >= 0.6 is 0 Å². The van der Waals surface area contributed by atoms with E-state index in [1.165, 1.54) is 6.07 Å². The Labute approximate surface area is 107 Å². The van der Waals surface area contributed by atoms with Crippen molar-refractivity contribution in [3.8, 4) is 0 Å². The van der Waals surface area contributed by atoms with Gasteiger partial charge in [0, 0.05) is 23.7 Å². The van der Waals surface area contributed by atoms with Gasteiger partial charge in [0.05, 0.1) is 0 Å². The number of carboxylic acids is 2. The third-order valence-electron chi connectivity index (χ3n) is 2.00. The van der Waals surface area contributed by atoms with E-state index in [1.54, 1.807) is 0 Å². The molecule has 3 N–H and O–H groups in total. The van der Waals surface area contributed by atoms with Crippen molar-refractivity contribution >= 4 is 22.8 Å². The van der Waals surface area contributed by atoms with Gasteiger partial charge in [-0.15, -0.1) is 0 Å². The summed E-state index contributed by atoms with van der Waals surface area (Å²) in [6.07, 6.45) is 1.12. The average Bonchev–Trinajstić information content (AvgIpc) is 2.37. The molecule has 6 heteroatoms. The van der Waals surface area contributed by atoms with E-state index in [0.29, 0.717) is 12.2 Å². The minimum Gasteiger partial charge on any atom is -0.478 e. The third-order valence-corrected chi connectivity index (χ3v) is 2.00. The summed E-state index contributed by atoms with van der Waals surface area (Å²) in [6, 6.07) is 11.0. The molecule has 0 spiro atoms. The van der Waals surface area contributed by atoms with E-state index in [4.69, 9.17) is 10.2 Å². The molecule has 19 heavy (non-hydrogen) atoms. The lowest BCUT2D eigenvalue weighted by atomic mass is 10.2. The number of fused-ring (bicyclic) bond motifs is 1. The van der Waals surface area contributed by atoms with Gasteiger partial charge in [-0.25, -0.2) is 9.59 Å². The zero-order valence-electron chi connectivity index (χ0n) is 9.74. The fourth-order valence-corrected chi connectivity index (χ4v) is 1.24. The van der Waals surface area contributed by atoms with Gasteiger partial charge in [-0.1, -0.05) is 18.2 Å². The highest BCUT2D eigenvalue weighted by atomic mass is 16.4. The molecular weight excluding hydrogens is 250 g/mol. The number of nitrogens with one attached hydrogen (secondary N) is 1. The first-order valence-corrected chi connectivity index (χ1v) is 5.21. The van der Waals surface area contributed by atoms with Gasteiger partial charge in [0.2, 0.25) is 5.56 Å². The van der Waals surface area contributed by atoms with Crippen LogP contribution in [-0.4, -0.2) is 27.1 Å². The Bertz CT molecular complexity index is 656. The second-order valence-corrected chi connectivity index (χ2v) is 3.42. The topological polar surface area (TPSA) is 107 Å². The van der Waals surface area contributed by atoms with Crippen LogP contribution in [0.2, 0.25) is 0 Å². The highest BCUT2D eigenvalue weighted by Crippen LogP contribution is 2.06. The molecule has 0 saturated carbocycles. The van der Waals surface area contributed by atoms with Crippen molar-refractivity contribution in [2.24, 2.45) is 0 Å². The standard InChI is InChI=1S/C9H7NO.C4H4O4/c11-9-6-5-7-3-1-2-4-8(7)10-9;5-3(6)1-2-4(7)8/h1-6H,(H,10,11);1-2H,(H,5,6)(H,7,8)/b;2-1+. The first-order chi connectivity index (χ1) is 8.99. The van der Waals surface area contributed by atoms with Crippen LogP contribution in [0.5, 0.6) is 0 Å². The zero-order valence-corrected chi connectivity index (χ0v) is 9.74. The SMILES string of the molecule is O=C(O)/C=C/C(=O)O.O=c1ccc2ccccc2[nH]1. The Morgan fingerprint density at radius 1 is 0.947 bits per heavy atom. The molecule has 1 heterocycles. The molecule has 0 unspecified atom stereocenters. The Hall–Kier alpha value is -2.89. The van der Waals surface area contributed by atoms with Crippen LogP contribution < -0.4 is 5.56 Å². The normalized spacial score (nSPS) is 9.89. The maximum absolute atomic E-state index is 10.8. The van der Waals surface area contributed by atoms with E-state index in [1.807, 2.05) is 30.3 Å². The number of carbonyl (C=O) groups is 2. The first-order valence-electron chi connectivity index (χ1n) is 5.21. The lowest BCUT2D eigenvalue weighted by Crippen LogP contribution is -2.01. The molecule has 1 aromatic heterocycles. The molecule has 0 aliphatic heterocycles. The predicted octanol–water partition coefficient (Wildman–Crippen LogP) is 1.24. The number of aromatic nitrogens is 1. The second kappa shape index (κ2) is 6.75. The summed E-state index contributed by atoms with van der Waals surface area (Å²) < 4.78 is 0. The third kappa shape index (κ3) is 5.31. The van der Waals surface area contributed by atoms with Crippen LogP contribution in [0.3, 0.4) is 0 Å². The maximum Gasteiger partial charge on any atom is 0.328 e. The zero-order chi connectivity index (χ0) is 14.3. The Morgan fingerprint density at radius 3 is 2.11 bits per heavy atom. The van der Waals surface area contributed by atoms with Gasteiger partial charge in [0.25, 0.3) is 0 Å². The maximum atomic E-state index is 10.8. The monoisotopic (exact) mass is 261 g/mol. The summed E-state index contributed by atoms with van der Waals surface area (Å²) in [7, 11) is 0. The largest absolute Gasteiger partial charge is 0.478 e. The molecule has 2 rings (SSSR count). The van der Waals surface area contributed by atoms with E-state index in [-0.39, 0.29) is 5.56 Å². The lowest BCUT2D eigenvalue weighted by Gasteiger charge is -1.93. The molecule has 6 nitrogen and oxygen atoms in total. The highest BCUT2D eigenvalue weighted by molar-refractivity contribution is 5.89. The minimum absolute atomic E-state index is 0.0521. The van der Waals surface area contributed by atoms with Crippen molar-refractivity contribution in [1.29, 1.82) is 0 Å². The summed E-state index contributed by atoms with van der Waals surface area (Å²) in [4.78, 5) is 32.7. The Kier molecular flexibility index (Phi) is 5.04. The summed E-state index contributed by atoms with van der Waals surface area (Å²) in [5.74, 6) is -2.51. The van der Waals surface area contributed by atoms with Crippen LogP contribution in [-0.2, 0) is 9.59 Å². The van der Waals surface area contributed by atoms with Crippen molar-refractivity contribution in [3.05, 3.63) is 58.9 Å². The Balaban J connectivity index is 0.000000203. The van der Waals surface area contributed by atoms with Gasteiger partial charge in [-0.05, 0) is 17.5 Å². The van der Waals surface area contributed by atoms with Crippen molar-refractivity contribution in [1.82, 2.24) is 4.98 Å². The van der Waals surface area contributed by atoms with E-state index in [9.17, 15) is 14.4 Å². The van der Waals surface area contributed by atoms with Gasteiger partial charge in [0.1, 0.15) is 0 Å². The van der Waals surface area contributed by atoms with Gasteiger partial charge in [-0.2, -0.15) is 0 Å². The second-order valence-electron chi connectivity index (χ2n) is 3.42. The van der Waals surface area contributed by atoms with Crippen LogP contribution in [0.15, 0.2) is 53.3 Å². The number of aliphatic carboxylic acids is 2. The average molecular weight is 261 g/mol. The molecule has 0 atom stereocenters. The van der Waals surface area contributed by atoms with Gasteiger partial charge < -0.3 is 15.2 Å². The number of H-pyrrole nitrogens is 1. The number of carboxylic acid groups (broad SMARTS) is 2. The van der Waals surface area contributed by atoms with Gasteiger partial charge >= 0.3 is 11.9 Å². The smallest absolute Gasteiger partial charge is 0.328 e. The number of hydrogen-bond donors (Lipinski definition) is 3. The van der Waals surface area contributed by atoms with E-state index in [0.717, 1.165) is 10.9 Å². The van der Waals surface area contributed by atoms with Gasteiger partial charge in [0.15, 0.2) is 0 Å². The summed E-state index contributed by atoms with van der Waals surface area (Å²) >= 11 is 0.